The number of ether oxygens (including phenoxy) is 2. The molecule has 0 aliphatic carbocycles. The van der Waals surface area contributed by atoms with Crippen molar-refractivity contribution in [1.82, 2.24) is 0 Å². The Morgan fingerprint density at radius 3 is 3.07 bits per heavy atom. The summed E-state index contributed by atoms with van der Waals surface area (Å²) in [4.78, 5) is 0. The zero-order chi connectivity index (χ0) is 10.1. The van der Waals surface area contributed by atoms with Crippen LogP contribution in [0.4, 0.5) is 0 Å². The molecule has 1 aliphatic rings. The second-order valence-electron chi connectivity index (χ2n) is 3.26. The summed E-state index contributed by atoms with van der Waals surface area (Å²) < 4.78 is 10.5. The van der Waals surface area contributed by atoms with Gasteiger partial charge in [0.05, 0.1) is 19.0 Å². The first-order chi connectivity index (χ1) is 6.70. The Balaban J connectivity index is 2.43. The lowest BCUT2D eigenvalue weighted by Crippen LogP contribution is -2.11. The molecule has 0 amide bonds. The number of aliphatic hydroxyl groups excluding tert-OH is 1. The standard InChI is InChI=1S/C11H12O3/c1-7-5-10(12)9-4-3-8(13-2)6-11(9)14-7/h3-4,6,10,12H,1,5H2,2H3. The SMILES string of the molecule is C=C1CC(O)c2ccc(OC)cc2O1. The van der Waals surface area contributed by atoms with Gasteiger partial charge in [0.2, 0.25) is 0 Å². The lowest BCUT2D eigenvalue weighted by Gasteiger charge is -2.23. The third-order valence-corrected chi connectivity index (χ3v) is 2.26. The van der Waals surface area contributed by atoms with Crippen molar-refractivity contribution in [2.24, 2.45) is 0 Å². The third kappa shape index (κ3) is 1.46. The molecule has 1 heterocycles. The van der Waals surface area contributed by atoms with E-state index in [9.17, 15) is 5.11 Å². The molecule has 1 aromatic rings. The molecule has 0 radical (unpaired) electrons. The molecule has 74 valence electrons. The molecule has 3 heteroatoms. The van der Waals surface area contributed by atoms with Crippen molar-refractivity contribution in [2.75, 3.05) is 7.11 Å². The summed E-state index contributed by atoms with van der Waals surface area (Å²) in [6.07, 6.45) is -0.0589. The van der Waals surface area contributed by atoms with Gasteiger partial charge in [-0.05, 0) is 12.1 Å². The monoisotopic (exact) mass is 192 g/mol. The molecular formula is C11H12O3. The van der Waals surface area contributed by atoms with E-state index in [2.05, 4.69) is 6.58 Å². The number of methoxy groups -OCH3 is 1. The van der Waals surface area contributed by atoms with Crippen LogP contribution in [-0.4, -0.2) is 12.2 Å². The van der Waals surface area contributed by atoms with Crippen LogP contribution in [0.5, 0.6) is 11.5 Å². The molecule has 0 aromatic heterocycles. The predicted octanol–water partition coefficient (Wildman–Crippen LogP) is 2.02. The highest BCUT2D eigenvalue weighted by Gasteiger charge is 2.21. The first kappa shape index (κ1) is 9.09. The van der Waals surface area contributed by atoms with Gasteiger partial charge >= 0.3 is 0 Å². The molecule has 1 atom stereocenters. The molecule has 0 saturated heterocycles. The van der Waals surface area contributed by atoms with Crippen LogP contribution in [-0.2, 0) is 0 Å². The molecule has 14 heavy (non-hydrogen) atoms. The molecule has 2 rings (SSSR count). The normalized spacial score (nSPS) is 19.9. The molecular weight excluding hydrogens is 180 g/mol. The molecule has 1 aliphatic heterocycles. The van der Waals surface area contributed by atoms with Crippen molar-refractivity contribution >= 4 is 0 Å². The van der Waals surface area contributed by atoms with E-state index in [4.69, 9.17) is 9.47 Å². The van der Waals surface area contributed by atoms with E-state index >= 15 is 0 Å². The van der Waals surface area contributed by atoms with Gasteiger partial charge in [0.15, 0.2) is 0 Å². The summed E-state index contributed by atoms with van der Waals surface area (Å²) in [6, 6.07) is 5.37. The highest BCUT2D eigenvalue weighted by atomic mass is 16.5. The summed E-state index contributed by atoms with van der Waals surface area (Å²) in [7, 11) is 1.59. The zero-order valence-corrected chi connectivity index (χ0v) is 7.99. The number of benzene rings is 1. The van der Waals surface area contributed by atoms with Gasteiger partial charge in [-0.2, -0.15) is 0 Å². The topological polar surface area (TPSA) is 38.7 Å². The fraction of sp³-hybridized carbons (Fsp3) is 0.273. The van der Waals surface area contributed by atoms with Gasteiger partial charge in [0, 0.05) is 18.1 Å². The Morgan fingerprint density at radius 2 is 2.36 bits per heavy atom. The van der Waals surface area contributed by atoms with Crippen molar-refractivity contribution in [3.05, 3.63) is 36.1 Å². The van der Waals surface area contributed by atoms with E-state index < -0.39 is 6.10 Å². The molecule has 0 fully saturated rings. The Bertz CT molecular complexity index is 371. The Hall–Kier alpha value is -1.48. The van der Waals surface area contributed by atoms with Gasteiger partial charge < -0.3 is 14.6 Å². The smallest absolute Gasteiger partial charge is 0.136 e. The average Bonchev–Trinajstić information content (AvgIpc) is 2.16. The minimum Gasteiger partial charge on any atom is -0.497 e. The van der Waals surface area contributed by atoms with Crippen LogP contribution in [0, 0.1) is 0 Å². The van der Waals surface area contributed by atoms with Gasteiger partial charge in [0.25, 0.3) is 0 Å². The predicted molar refractivity (Wildman–Crippen MR) is 52.3 cm³/mol. The largest absolute Gasteiger partial charge is 0.497 e. The highest BCUT2D eigenvalue weighted by Crippen LogP contribution is 2.37. The van der Waals surface area contributed by atoms with Gasteiger partial charge in [-0.1, -0.05) is 6.58 Å². The summed E-state index contributed by atoms with van der Waals surface area (Å²) in [5, 5.41) is 9.71. The van der Waals surface area contributed by atoms with E-state index in [0.717, 1.165) is 5.56 Å². The number of hydrogen-bond donors (Lipinski definition) is 1. The minimum atomic E-state index is -0.517. The maximum absolute atomic E-state index is 9.71. The van der Waals surface area contributed by atoms with Crippen LogP contribution >= 0.6 is 0 Å². The number of fused-ring (bicyclic) bond motifs is 1. The fourth-order valence-corrected chi connectivity index (χ4v) is 1.53. The maximum atomic E-state index is 9.71. The minimum absolute atomic E-state index is 0.458. The number of hydrogen-bond acceptors (Lipinski definition) is 3. The fourth-order valence-electron chi connectivity index (χ4n) is 1.53. The Kier molecular flexibility index (Phi) is 2.17. The summed E-state index contributed by atoms with van der Waals surface area (Å²) in [6.45, 7) is 3.70. The van der Waals surface area contributed by atoms with E-state index in [1.54, 1.807) is 19.2 Å². The highest BCUT2D eigenvalue weighted by molar-refractivity contribution is 5.44. The van der Waals surface area contributed by atoms with Gasteiger partial charge in [-0.25, -0.2) is 0 Å². The average molecular weight is 192 g/mol. The second-order valence-corrected chi connectivity index (χ2v) is 3.26. The maximum Gasteiger partial charge on any atom is 0.136 e. The third-order valence-electron chi connectivity index (χ3n) is 2.26. The first-order valence-electron chi connectivity index (χ1n) is 4.42. The Morgan fingerprint density at radius 1 is 1.57 bits per heavy atom. The van der Waals surface area contributed by atoms with Crippen molar-refractivity contribution in [2.45, 2.75) is 12.5 Å². The van der Waals surface area contributed by atoms with Crippen molar-refractivity contribution in [3.8, 4) is 11.5 Å². The summed E-state index contributed by atoms with van der Waals surface area (Å²) >= 11 is 0. The molecule has 1 N–H and O–H groups in total. The van der Waals surface area contributed by atoms with Crippen LogP contribution in [0.25, 0.3) is 0 Å². The van der Waals surface area contributed by atoms with Crippen LogP contribution in [0.1, 0.15) is 18.1 Å². The number of aliphatic hydroxyl groups is 1. The van der Waals surface area contributed by atoms with Gasteiger partial charge in [-0.15, -0.1) is 0 Å². The molecule has 3 nitrogen and oxygen atoms in total. The van der Waals surface area contributed by atoms with Crippen molar-refractivity contribution in [1.29, 1.82) is 0 Å². The zero-order valence-electron chi connectivity index (χ0n) is 7.99. The van der Waals surface area contributed by atoms with Crippen LogP contribution in [0.3, 0.4) is 0 Å². The molecule has 0 saturated carbocycles. The van der Waals surface area contributed by atoms with Gasteiger partial charge in [-0.3, -0.25) is 0 Å². The van der Waals surface area contributed by atoms with Crippen LogP contribution < -0.4 is 9.47 Å². The van der Waals surface area contributed by atoms with Crippen LogP contribution in [0.2, 0.25) is 0 Å². The van der Waals surface area contributed by atoms with E-state index in [-0.39, 0.29) is 0 Å². The lowest BCUT2D eigenvalue weighted by molar-refractivity contribution is 0.144. The summed E-state index contributed by atoms with van der Waals surface area (Å²) in [5.74, 6) is 1.93. The molecule has 0 spiro atoms. The summed E-state index contributed by atoms with van der Waals surface area (Å²) in [5.41, 5.74) is 0.790. The van der Waals surface area contributed by atoms with E-state index in [1.165, 1.54) is 0 Å². The number of rotatable bonds is 1. The van der Waals surface area contributed by atoms with Gasteiger partial charge in [0.1, 0.15) is 11.5 Å². The Labute approximate surface area is 82.6 Å². The van der Waals surface area contributed by atoms with E-state index in [1.807, 2.05) is 6.07 Å². The van der Waals surface area contributed by atoms with Crippen molar-refractivity contribution in [3.63, 3.8) is 0 Å². The van der Waals surface area contributed by atoms with Crippen molar-refractivity contribution < 1.29 is 14.6 Å². The first-order valence-corrected chi connectivity index (χ1v) is 4.42. The second kappa shape index (κ2) is 3.35. The van der Waals surface area contributed by atoms with E-state index in [0.29, 0.717) is 23.7 Å². The molecule has 0 bridgehead atoms. The quantitative estimate of drug-likeness (QED) is 0.739. The molecule has 1 aromatic carbocycles. The van der Waals surface area contributed by atoms with Crippen LogP contribution in [0.15, 0.2) is 30.5 Å². The lowest BCUT2D eigenvalue weighted by atomic mass is 10.0. The molecule has 1 unspecified atom stereocenters.